The molecule has 0 aliphatic carbocycles. The molecule has 1 amide bonds. The highest BCUT2D eigenvalue weighted by atomic mass is 79.9. The summed E-state index contributed by atoms with van der Waals surface area (Å²) in [6.07, 6.45) is 1.59. The summed E-state index contributed by atoms with van der Waals surface area (Å²) in [6, 6.07) is 0. The highest BCUT2D eigenvalue weighted by Crippen LogP contribution is 1.88. The van der Waals surface area contributed by atoms with Gasteiger partial charge in [0, 0.05) is 28.9 Å². The van der Waals surface area contributed by atoms with E-state index in [0.29, 0.717) is 12.2 Å². The Labute approximate surface area is 83.6 Å². The predicted octanol–water partition coefficient (Wildman–Crippen LogP) is -0.213. The van der Waals surface area contributed by atoms with Gasteiger partial charge in [-0.3, -0.25) is 4.79 Å². The van der Waals surface area contributed by atoms with Gasteiger partial charge in [0.15, 0.2) is 0 Å². The molecule has 0 saturated carbocycles. The molecule has 0 bridgehead atoms. The molecule has 13 heavy (non-hydrogen) atoms. The van der Waals surface area contributed by atoms with Gasteiger partial charge in [-0.1, -0.05) is 0 Å². The smallest absolute Gasteiger partial charge is 0.297 e. The molecule has 0 fully saturated rings. The lowest BCUT2D eigenvalue weighted by Gasteiger charge is -1.94. The van der Waals surface area contributed by atoms with E-state index in [0.717, 1.165) is 0 Å². The molecule has 1 heterocycles. The lowest BCUT2D eigenvalue weighted by molar-refractivity contribution is -0.115. The molecule has 0 spiro atoms. The average molecular weight is 243 g/mol. The molecule has 0 saturated heterocycles. The average Bonchev–Trinajstić information content (AvgIpc) is 2.49. The van der Waals surface area contributed by atoms with Crippen LogP contribution in [0, 0.1) is 10.8 Å². The first-order valence-electron chi connectivity index (χ1n) is 3.47. The summed E-state index contributed by atoms with van der Waals surface area (Å²) in [5.41, 5.74) is 0.701. The fourth-order valence-corrected chi connectivity index (χ4v) is 0.907. The quantitative estimate of drug-likeness (QED) is 0.731. The minimum absolute atomic E-state index is 0.342. The summed E-state index contributed by atoms with van der Waals surface area (Å²) in [5.74, 6) is 1.94. The van der Waals surface area contributed by atoms with Crippen molar-refractivity contribution in [3.63, 3.8) is 0 Å². The summed E-state index contributed by atoms with van der Waals surface area (Å²) in [6.45, 7) is 0.342. The van der Waals surface area contributed by atoms with Gasteiger partial charge in [-0.25, -0.2) is 0 Å². The number of aryl methyl sites for hydroxylation is 1. The van der Waals surface area contributed by atoms with Gasteiger partial charge in [-0.2, -0.15) is 15.0 Å². The molecule has 0 aliphatic rings. The van der Waals surface area contributed by atoms with Crippen molar-refractivity contribution in [2.24, 2.45) is 7.05 Å². The van der Waals surface area contributed by atoms with Crippen molar-refractivity contribution < 1.29 is 4.79 Å². The lowest BCUT2D eigenvalue weighted by Crippen LogP contribution is -2.20. The van der Waals surface area contributed by atoms with E-state index < -0.39 is 0 Å². The fraction of sp³-hybridized carbons (Fsp3) is 0.286. The Kier molecular flexibility index (Phi) is 3.46. The van der Waals surface area contributed by atoms with Gasteiger partial charge in [0.2, 0.25) is 0 Å². The molecular formula is C7H7BrN4O. The Bertz CT molecular complexity index is 362. The zero-order valence-corrected chi connectivity index (χ0v) is 8.50. The van der Waals surface area contributed by atoms with Crippen LogP contribution < -0.4 is 5.32 Å². The van der Waals surface area contributed by atoms with Gasteiger partial charge in [0.1, 0.15) is 5.69 Å². The highest BCUT2D eigenvalue weighted by Gasteiger charge is 1.99. The van der Waals surface area contributed by atoms with E-state index >= 15 is 0 Å². The molecule has 68 valence electrons. The van der Waals surface area contributed by atoms with Crippen molar-refractivity contribution in [1.82, 2.24) is 20.3 Å². The van der Waals surface area contributed by atoms with E-state index in [-0.39, 0.29) is 5.91 Å². The van der Waals surface area contributed by atoms with Crippen LogP contribution in [0.3, 0.4) is 0 Å². The Morgan fingerprint density at radius 3 is 3.15 bits per heavy atom. The van der Waals surface area contributed by atoms with Crippen LogP contribution in [0.5, 0.6) is 0 Å². The second-order valence-corrected chi connectivity index (χ2v) is 2.62. The van der Waals surface area contributed by atoms with Crippen molar-refractivity contribution in [2.45, 2.75) is 6.54 Å². The zero-order chi connectivity index (χ0) is 9.68. The second kappa shape index (κ2) is 4.62. The van der Waals surface area contributed by atoms with E-state index in [4.69, 9.17) is 0 Å². The second-order valence-electron chi connectivity index (χ2n) is 2.23. The van der Waals surface area contributed by atoms with Gasteiger partial charge in [-0.15, -0.1) is 0 Å². The normalized spacial score (nSPS) is 8.77. The first-order valence-corrected chi connectivity index (χ1v) is 4.26. The Balaban J connectivity index is 2.42. The molecule has 1 aromatic heterocycles. The third kappa shape index (κ3) is 3.25. The number of carbonyl (C=O) groups is 1. The third-order valence-electron chi connectivity index (χ3n) is 1.24. The van der Waals surface area contributed by atoms with Crippen LogP contribution in [0.15, 0.2) is 6.20 Å². The number of hydrogen-bond donors (Lipinski definition) is 1. The van der Waals surface area contributed by atoms with Gasteiger partial charge < -0.3 is 5.32 Å². The summed E-state index contributed by atoms with van der Waals surface area (Å²) in [4.78, 5) is 14.6. The number of hydrogen-bond acceptors (Lipinski definition) is 3. The van der Waals surface area contributed by atoms with Crippen LogP contribution in [0.25, 0.3) is 0 Å². The summed E-state index contributed by atoms with van der Waals surface area (Å²) >= 11 is 2.83. The molecule has 1 N–H and O–H groups in total. The maximum Gasteiger partial charge on any atom is 0.297 e. The Morgan fingerprint density at radius 1 is 1.85 bits per heavy atom. The first kappa shape index (κ1) is 9.74. The van der Waals surface area contributed by atoms with Gasteiger partial charge in [0.25, 0.3) is 5.91 Å². The summed E-state index contributed by atoms with van der Waals surface area (Å²) < 4.78 is 0. The van der Waals surface area contributed by atoms with Gasteiger partial charge in [0.05, 0.1) is 12.7 Å². The number of nitrogens with zero attached hydrogens (tertiary/aromatic N) is 3. The largest absolute Gasteiger partial charge is 0.339 e. The maximum atomic E-state index is 10.9. The van der Waals surface area contributed by atoms with Crippen LogP contribution >= 0.6 is 15.9 Å². The Morgan fingerprint density at radius 2 is 2.62 bits per heavy atom. The van der Waals surface area contributed by atoms with E-state index in [9.17, 15) is 4.79 Å². The zero-order valence-electron chi connectivity index (χ0n) is 6.91. The highest BCUT2D eigenvalue weighted by molar-refractivity contribution is 9.12. The number of amides is 1. The van der Waals surface area contributed by atoms with E-state index in [1.165, 1.54) is 4.80 Å². The van der Waals surface area contributed by atoms with Crippen molar-refractivity contribution in [1.29, 1.82) is 0 Å². The van der Waals surface area contributed by atoms with Crippen LogP contribution in [-0.2, 0) is 18.4 Å². The fourth-order valence-electron chi connectivity index (χ4n) is 0.727. The molecule has 0 unspecified atom stereocenters. The molecule has 0 aliphatic heterocycles. The summed E-state index contributed by atoms with van der Waals surface area (Å²) in [5, 5.41) is 10.4. The molecule has 0 aromatic carbocycles. The van der Waals surface area contributed by atoms with Crippen LogP contribution in [0.2, 0.25) is 0 Å². The SMILES string of the molecule is Cn1ncc(CNC(=O)C#CBr)n1. The van der Waals surface area contributed by atoms with Crippen molar-refractivity contribution in [2.75, 3.05) is 0 Å². The maximum absolute atomic E-state index is 10.9. The van der Waals surface area contributed by atoms with Crippen LogP contribution in [0.4, 0.5) is 0 Å². The number of halogens is 1. The van der Waals surface area contributed by atoms with E-state index in [1.807, 2.05) is 0 Å². The molecular weight excluding hydrogens is 236 g/mol. The molecule has 0 radical (unpaired) electrons. The number of carbonyl (C=O) groups excluding carboxylic acids is 1. The van der Waals surface area contributed by atoms with E-state index in [1.54, 1.807) is 13.2 Å². The Hall–Kier alpha value is -1.35. The monoisotopic (exact) mass is 242 g/mol. The van der Waals surface area contributed by atoms with Crippen molar-refractivity contribution in [3.05, 3.63) is 11.9 Å². The summed E-state index contributed by atoms with van der Waals surface area (Å²) in [7, 11) is 1.71. The predicted molar refractivity (Wildman–Crippen MR) is 49.6 cm³/mol. The topological polar surface area (TPSA) is 59.8 Å². The number of rotatable bonds is 2. The molecule has 0 atom stereocenters. The van der Waals surface area contributed by atoms with Crippen molar-refractivity contribution in [3.8, 4) is 10.8 Å². The van der Waals surface area contributed by atoms with Gasteiger partial charge >= 0.3 is 0 Å². The minimum Gasteiger partial charge on any atom is -0.339 e. The molecule has 5 nitrogen and oxygen atoms in total. The lowest BCUT2D eigenvalue weighted by atomic mass is 10.4. The third-order valence-corrected chi connectivity index (χ3v) is 1.44. The first-order chi connectivity index (χ1) is 6.22. The number of nitrogens with one attached hydrogen (secondary N) is 1. The van der Waals surface area contributed by atoms with Crippen molar-refractivity contribution >= 4 is 21.8 Å². The van der Waals surface area contributed by atoms with Crippen LogP contribution in [-0.4, -0.2) is 20.9 Å². The standard InChI is InChI=1S/C7H7BrN4O/c1-12-10-5-6(11-12)4-9-7(13)2-3-8/h5H,4H2,1H3,(H,9,13). The van der Waals surface area contributed by atoms with Crippen LogP contribution in [0.1, 0.15) is 5.69 Å². The molecule has 6 heteroatoms. The molecule has 1 aromatic rings. The molecule has 1 rings (SSSR count). The number of aromatic nitrogens is 3. The van der Waals surface area contributed by atoms with E-state index in [2.05, 4.69) is 42.2 Å². The van der Waals surface area contributed by atoms with Gasteiger partial charge in [-0.05, 0) is 4.83 Å². The minimum atomic E-state index is -0.345.